The van der Waals surface area contributed by atoms with Crippen molar-refractivity contribution in [1.29, 1.82) is 0 Å². The predicted molar refractivity (Wildman–Crippen MR) is 112 cm³/mol. The average molecular weight is 419 g/mol. The number of rotatable bonds is 3. The van der Waals surface area contributed by atoms with Crippen LogP contribution >= 0.6 is 0 Å². The van der Waals surface area contributed by atoms with Crippen LogP contribution in [0.25, 0.3) is 0 Å². The van der Waals surface area contributed by atoms with Crippen molar-refractivity contribution >= 4 is 17.7 Å². The monoisotopic (exact) mass is 418 g/mol. The molecule has 4 fully saturated rings. The molecule has 9 atom stereocenters. The van der Waals surface area contributed by atoms with Gasteiger partial charge in [0, 0.05) is 25.7 Å². The van der Waals surface area contributed by atoms with Crippen LogP contribution in [0, 0.1) is 40.4 Å². The van der Waals surface area contributed by atoms with E-state index in [1.54, 1.807) is 6.92 Å². The van der Waals surface area contributed by atoms with Crippen LogP contribution in [0.4, 0.5) is 0 Å². The lowest BCUT2D eigenvalue weighted by Crippen LogP contribution is -2.59. The molecule has 5 nitrogen and oxygen atoms in total. The van der Waals surface area contributed by atoms with Gasteiger partial charge in [-0.1, -0.05) is 13.8 Å². The van der Waals surface area contributed by atoms with Gasteiger partial charge in [-0.3, -0.25) is 14.4 Å². The lowest BCUT2D eigenvalue weighted by molar-refractivity contribution is -0.196. The average Bonchev–Trinajstić information content (AvgIpc) is 2.99. The van der Waals surface area contributed by atoms with Gasteiger partial charge in [-0.2, -0.15) is 0 Å². The van der Waals surface area contributed by atoms with Crippen LogP contribution in [0.5, 0.6) is 0 Å². The molecule has 0 radical (unpaired) electrons. The molecule has 0 unspecified atom stereocenters. The van der Waals surface area contributed by atoms with Crippen molar-refractivity contribution in [3.63, 3.8) is 0 Å². The maximum absolute atomic E-state index is 12.4. The van der Waals surface area contributed by atoms with E-state index in [2.05, 4.69) is 13.8 Å². The molecule has 4 rings (SSSR count). The highest BCUT2D eigenvalue weighted by Crippen LogP contribution is 2.68. The number of carbonyl (C=O) groups excluding carboxylic acids is 3. The molecule has 168 valence electrons. The molecular formula is C25H38O5. The molecule has 0 heterocycles. The molecular weight excluding hydrogens is 380 g/mol. The van der Waals surface area contributed by atoms with Crippen LogP contribution in [0.2, 0.25) is 0 Å². The minimum absolute atomic E-state index is 0.0162. The standard InChI is InChI=1S/C25H38O5/c1-14(26)19-6-7-20-23-21(9-11-25(19,20)5)24(4)10-8-18(29-15(2)27)12-17(24)13-22(23)30-16(3)28/h17-23H,6-13H2,1-5H3/t17-,18+,19+,20-,21-,22+,23-,24-,25+/m0/s1. The highest BCUT2D eigenvalue weighted by molar-refractivity contribution is 5.79. The minimum Gasteiger partial charge on any atom is -0.463 e. The molecule has 0 amide bonds. The zero-order chi connectivity index (χ0) is 21.8. The second kappa shape index (κ2) is 7.63. The molecule has 0 aromatic heterocycles. The first-order valence-corrected chi connectivity index (χ1v) is 11.9. The smallest absolute Gasteiger partial charge is 0.302 e. The summed E-state index contributed by atoms with van der Waals surface area (Å²) in [5, 5.41) is 0. The van der Waals surface area contributed by atoms with E-state index >= 15 is 0 Å². The summed E-state index contributed by atoms with van der Waals surface area (Å²) in [5.74, 6) is 1.74. The maximum atomic E-state index is 12.4. The highest BCUT2D eigenvalue weighted by Gasteiger charge is 2.64. The van der Waals surface area contributed by atoms with Crippen LogP contribution in [0.15, 0.2) is 0 Å². The van der Waals surface area contributed by atoms with Gasteiger partial charge in [0.2, 0.25) is 0 Å². The van der Waals surface area contributed by atoms with Crippen molar-refractivity contribution in [2.45, 2.75) is 98.2 Å². The summed E-state index contributed by atoms with van der Waals surface area (Å²) in [5.41, 5.74) is 0.219. The van der Waals surface area contributed by atoms with E-state index in [1.165, 1.54) is 13.8 Å². The zero-order valence-corrected chi connectivity index (χ0v) is 19.2. The van der Waals surface area contributed by atoms with E-state index < -0.39 is 0 Å². The van der Waals surface area contributed by atoms with Crippen molar-refractivity contribution in [2.24, 2.45) is 40.4 Å². The van der Waals surface area contributed by atoms with Gasteiger partial charge in [-0.15, -0.1) is 0 Å². The van der Waals surface area contributed by atoms with Gasteiger partial charge in [-0.25, -0.2) is 0 Å². The molecule has 0 aromatic rings. The summed E-state index contributed by atoms with van der Waals surface area (Å²) in [6.45, 7) is 9.51. The van der Waals surface area contributed by atoms with Crippen molar-refractivity contribution in [2.75, 3.05) is 0 Å². The second-order valence-corrected chi connectivity index (χ2v) is 11.2. The summed E-state index contributed by atoms with van der Waals surface area (Å²) >= 11 is 0. The summed E-state index contributed by atoms with van der Waals surface area (Å²) in [6.07, 6.45) is 7.83. The molecule has 4 aliphatic rings. The van der Waals surface area contributed by atoms with Gasteiger partial charge in [0.25, 0.3) is 0 Å². The summed E-state index contributed by atoms with van der Waals surface area (Å²) in [4.78, 5) is 36.0. The zero-order valence-electron chi connectivity index (χ0n) is 19.2. The lowest BCUT2D eigenvalue weighted by atomic mass is 9.44. The summed E-state index contributed by atoms with van der Waals surface area (Å²) in [7, 11) is 0. The van der Waals surface area contributed by atoms with Gasteiger partial charge >= 0.3 is 11.9 Å². The number of fused-ring (bicyclic) bond motifs is 5. The Balaban J connectivity index is 1.65. The Hall–Kier alpha value is -1.39. The molecule has 4 saturated carbocycles. The maximum Gasteiger partial charge on any atom is 0.302 e. The molecule has 0 bridgehead atoms. The Morgan fingerprint density at radius 1 is 0.767 bits per heavy atom. The Labute approximate surface area is 180 Å². The Morgan fingerprint density at radius 3 is 2.03 bits per heavy atom. The Kier molecular flexibility index (Phi) is 5.55. The molecule has 5 heteroatoms. The van der Waals surface area contributed by atoms with Gasteiger partial charge in [0.15, 0.2) is 0 Å². The third kappa shape index (κ3) is 3.40. The first-order valence-electron chi connectivity index (χ1n) is 11.9. The predicted octanol–water partition coefficient (Wildman–Crippen LogP) is 4.71. The van der Waals surface area contributed by atoms with E-state index in [-0.39, 0.29) is 40.9 Å². The van der Waals surface area contributed by atoms with Crippen molar-refractivity contribution in [3.8, 4) is 0 Å². The number of hydrogen-bond donors (Lipinski definition) is 0. The second-order valence-electron chi connectivity index (χ2n) is 11.2. The van der Waals surface area contributed by atoms with Crippen LogP contribution in [-0.2, 0) is 23.9 Å². The fourth-order valence-corrected chi connectivity index (χ4v) is 8.50. The Morgan fingerprint density at radius 2 is 1.40 bits per heavy atom. The van der Waals surface area contributed by atoms with E-state index in [9.17, 15) is 14.4 Å². The number of ketones is 1. The molecule has 0 saturated heterocycles. The SMILES string of the molecule is CC(=O)O[C@@H]1CC[C@@]2(C)[C@@H](C1)C[C@@H](OC(C)=O)[C@@H]1[C@@H]2CC[C@]2(C)[C@@H](C(C)=O)CC[C@@H]12. The molecule has 0 N–H and O–H groups in total. The number of Topliss-reactive ketones (excluding diaryl/α,β-unsaturated/α-hetero) is 1. The van der Waals surface area contributed by atoms with Gasteiger partial charge in [0.1, 0.15) is 18.0 Å². The molecule has 30 heavy (non-hydrogen) atoms. The van der Waals surface area contributed by atoms with Crippen LogP contribution in [0.1, 0.15) is 86.0 Å². The van der Waals surface area contributed by atoms with E-state index in [1.807, 2.05) is 0 Å². The van der Waals surface area contributed by atoms with E-state index in [0.29, 0.717) is 29.5 Å². The number of carbonyl (C=O) groups is 3. The number of hydrogen-bond acceptors (Lipinski definition) is 5. The topological polar surface area (TPSA) is 69.7 Å². The largest absolute Gasteiger partial charge is 0.463 e. The normalized spacial score (nSPS) is 47.4. The minimum atomic E-state index is -0.205. The van der Waals surface area contributed by atoms with E-state index in [4.69, 9.17) is 9.47 Å². The fourth-order valence-electron chi connectivity index (χ4n) is 8.50. The summed E-state index contributed by atoms with van der Waals surface area (Å²) in [6, 6.07) is 0. The highest BCUT2D eigenvalue weighted by atomic mass is 16.5. The lowest BCUT2D eigenvalue weighted by Gasteiger charge is -2.62. The van der Waals surface area contributed by atoms with Crippen molar-refractivity contribution in [1.82, 2.24) is 0 Å². The van der Waals surface area contributed by atoms with Gasteiger partial charge in [-0.05, 0) is 86.9 Å². The third-order valence-corrected chi connectivity index (χ3v) is 9.75. The van der Waals surface area contributed by atoms with Crippen LogP contribution < -0.4 is 0 Å². The van der Waals surface area contributed by atoms with Crippen LogP contribution in [-0.4, -0.2) is 29.9 Å². The van der Waals surface area contributed by atoms with Crippen LogP contribution in [0.3, 0.4) is 0 Å². The van der Waals surface area contributed by atoms with Crippen molar-refractivity contribution in [3.05, 3.63) is 0 Å². The van der Waals surface area contributed by atoms with E-state index in [0.717, 1.165) is 51.4 Å². The molecule has 4 aliphatic carbocycles. The fraction of sp³-hybridized carbons (Fsp3) is 0.880. The Bertz CT molecular complexity index is 731. The number of esters is 2. The van der Waals surface area contributed by atoms with Gasteiger partial charge < -0.3 is 9.47 Å². The first-order chi connectivity index (χ1) is 14.1. The third-order valence-electron chi connectivity index (χ3n) is 9.75. The molecule has 0 aromatic carbocycles. The summed E-state index contributed by atoms with van der Waals surface area (Å²) < 4.78 is 11.6. The van der Waals surface area contributed by atoms with Gasteiger partial charge in [0.05, 0.1) is 0 Å². The molecule has 0 spiro atoms. The quantitative estimate of drug-likeness (QED) is 0.621. The number of ether oxygens (including phenoxy) is 2. The first kappa shape index (κ1) is 21.8. The van der Waals surface area contributed by atoms with Crippen molar-refractivity contribution < 1.29 is 23.9 Å². The molecule has 0 aliphatic heterocycles.